The molecule has 0 fully saturated rings. The molecule has 188 valence electrons. The number of allylic oxidation sites excluding steroid dienone is 1. The molecule has 0 saturated carbocycles. The lowest BCUT2D eigenvalue weighted by molar-refractivity contribution is -0.137. The van der Waals surface area contributed by atoms with E-state index in [-0.39, 0.29) is 19.0 Å². The number of alkyl halides is 3. The van der Waals surface area contributed by atoms with Gasteiger partial charge in [0.25, 0.3) is 0 Å². The van der Waals surface area contributed by atoms with E-state index in [1.54, 1.807) is 25.1 Å². The maximum atomic E-state index is 12.8. The van der Waals surface area contributed by atoms with E-state index in [9.17, 15) is 22.8 Å². The fraction of sp³-hybridized carbons (Fsp3) is 0.240. The van der Waals surface area contributed by atoms with Gasteiger partial charge in [0.05, 0.1) is 12.1 Å². The number of halogens is 3. The number of aromatic amines is 1. The van der Waals surface area contributed by atoms with Crippen LogP contribution >= 0.6 is 0 Å². The summed E-state index contributed by atoms with van der Waals surface area (Å²) < 4.78 is 55.7. The number of nitrogens with one attached hydrogen (secondary N) is 1. The van der Waals surface area contributed by atoms with Gasteiger partial charge < -0.3 is 13.7 Å². The first-order valence-corrected chi connectivity index (χ1v) is 11.0. The number of hydrogen-bond donors (Lipinski definition) is 1. The van der Waals surface area contributed by atoms with Crippen molar-refractivity contribution in [2.24, 2.45) is 0 Å². The largest absolute Gasteiger partial charge is 0.487 e. The van der Waals surface area contributed by atoms with Crippen LogP contribution in [0.3, 0.4) is 0 Å². The van der Waals surface area contributed by atoms with Crippen molar-refractivity contribution in [3.05, 3.63) is 97.7 Å². The van der Waals surface area contributed by atoms with Crippen molar-refractivity contribution in [1.29, 1.82) is 0 Å². The highest BCUT2D eigenvalue weighted by Gasteiger charge is 2.30. The Hall–Kier alpha value is -4.28. The third-order valence-electron chi connectivity index (χ3n) is 5.39. The lowest BCUT2D eigenvalue weighted by Crippen LogP contribution is -2.17. The van der Waals surface area contributed by atoms with Crippen molar-refractivity contribution in [2.75, 3.05) is 0 Å². The SMILES string of the molecule is CCC(=Cc1cccc(OCc2nc(-c3ccc(C(F)(F)F)cc3)oc2C)c1)Cn1oc(=O)[nH]c1=O. The summed E-state index contributed by atoms with van der Waals surface area (Å²) in [6, 6.07) is 11.8. The molecule has 36 heavy (non-hydrogen) atoms. The predicted molar refractivity (Wildman–Crippen MR) is 124 cm³/mol. The van der Waals surface area contributed by atoms with Crippen LogP contribution in [0.5, 0.6) is 5.75 Å². The van der Waals surface area contributed by atoms with Gasteiger partial charge in [0.15, 0.2) is 0 Å². The Kier molecular flexibility index (Phi) is 7.00. The summed E-state index contributed by atoms with van der Waals surface area (Å²) in [5.74, 6) is 0.446. The Morgan fingerprint density at radius 3 is 2.56 bits per heavy atom. The van der Waals surface area contributed by atoms with E-state index in [4.69, 9.17) is 13.7 Å². The van der Waals surface area contributed by atoms with Gasteiger partial charge in [-0.3, -0.25) is 0 Å². The van der Waals surface area contributed by atoms with Gasteiger partial charge >= 0.3 is 17.6 Å². The molecule has 0 unspecified atom stereocenters. The molecule has 0 bridgehead atoms. The van der Waals surface area contributed by atoms with E-state index in [0.717, 1.165) is 28.0 Å². The second-order valence-corrected chi connectivity index (χ2v) is 7.96. The Labute approximate surface area is 202 Å². The van der Waals surface area contributed by atoms with E-state index in [0.29, 0.717) is 29.2 Å². The molecule has 2 aromatic carbocycles. The van der Waals surface area contributed by atoms with Gasteiger partial charge in [-0.05, 0) is 60.9 Å². The maximum absolute atomic E-state index is 12.8. The van der Waals surface area contributed by atoms with Crippen molar-refractivity contribution < 1.29 is 26.8 Å². The second kappa shape index (κ2) is 10.1. The van der Waals surface area contributed by atoms with Crippen LogP contribution in [-0.4, -0.2) is 14.7 Å². The molecule has 2 heterocycles. The number of hydrogen-bond acceptors (Lipinski definition) is 6. The Bertz CT molecular complexity index is 1490. The molecule has 4 aromatic rings. The first-order chi connectivity index (χ1) is 17.1. The number of nitrogens with zero attached hydrogens (tertiary/aromatic N) is 2. The van der Waals surface area contributed by atoms with Gasteiger partial charge in [-0.1, -0.05) is 25.1 Å². The minimum atomic E-state index is -4.42. The molecule has 0 aliphatic rings. The quantitative estimate of drug-likeness (QED) is 0.357. The summed E-state index contributed by atoms with van der Waals surface area (Å²) >= 11 is 0. The van der Waals surface area contributed by atoms with Gasteiger partial charge in [-0.2, -0.15) is 13.2 Å². The summed E-state index contributed by atoms with van der Waals surface area (Å²) in [6.45, 7) is 3.84. The van der Waals surface area contributed by atoms with E-state index in [1.165, 1.54) is 12.1 Å². The lowest BCUT2D eigenvalue weighted by atomic mass is 10.1. The zero-order valence-electron chi connectivity index (χ0n) is 19.4. The van der Waals surface area contributed by atoms with Crippen LogP contribution < -0.4 is 16.2 Å². The number of aryl methyl sites for hydroxylation is 1. The topological polar surface area (TPSA) is 103 Å². The van der Waals surface area contributed by atoms with Crippen molar-refractivity contribution in [3.8, 4) is 17.2 Å². The molecular weight excluding hydrogens is 479 g/mol. The number of oxazole rings is 1. The highest BCUT2D eigenvalue weighted by atomic mass is 19.4. The molecule has 1 N–H and O–H groups in total. The molecule has 0 amide bonds. The molecular formula is C25H22F3N3O5. The summed E-state index contributed by atoms with van der Waals surface area (Å²) in [6.07, 6.45) is -1.92. The highest BCUT2D eigenvalue weighted by Crippen LogP contribution is 2.31. The van der Waals surface area contributed by atoms with Crippen LogP contribution in [-0.2, 0) is 19.3 Å². The monoisotopic (exact) mass is 501 g/mol. The minimum Gasteiger partial charge on any atom is -0.487 e. The first-order valence-electron chi connectivity index (χ1n) is 11.0. The van der Waals surface area contributed by atoms with Crippen molar-refractivity contribution in [2.45, 2.75) is 39.6 Å². The third-order valence-corrected chi connectivity index (χ3v) is 5.39. The molecule has 0 atom stereocenters. The van der Waals surface area contributed by atoms with Gasteiger partial charge in [0, 0.05) is 5.56 Å². The van der Waals surface area contributed by atoms with Crippen molar-refractivity contribution in [1.82, 2.24) is 14.7 Å². The average Bonchev–Trinajstić information content (AvgIpc) is 3.37. The molecule has 0 aliphatic heterocycles. The zero-order valence-corrected chi connectivity index (χ0v) is 19.4. The van der Waals surface area contributed by atoms with Crippen LogP contribution in [0.15, 0.2) is 72.6 Å². The van der Waals surface area contributed by atoms with E-state index in [1.807, 2.05) is 24.1 Å². The highest BCUT2D eigenvalue weighted by molar-refractivity contribution is 5.55. The van der Waals surface area contributed by atoms with E-state index >= 15 is 0 Å². The first kappa shape index (κ1) is 24.8. The Morgan fingerprint density at radius 2 is 1.92 bits per heavy atom. The average molecular weight is 501 g/mol. The van der Waals surface area contributed by atoms with Gasteiger partial charge in [-0.25, -0.2) is 19.6 Å². The van der Waals surface area contributed by atoms with Crippen molar-refractivity contribution in [3.63, 3.8) is 0 Å². The maximum Gasteiger partial charge on any atom is 0.440 e. The van der Waals surface area contributed by atoms with Crippen LogP contribution in [0.2, 0.25) is 0 Å². The van der Waals surface area contributed by atoms with E-state index in [2.05, 4.69) is 4.98 Å². The van der Waals surface area contributed by atoms with Crippen LogP contribution in [0.25, 0.3) is 17.5 Å². The molecule has 0 spiro atoms. The van der Waals surface area contributed by atoms with Crippen LogP contribution in [0.4, 0.5) is 13.2 Å². The van der Waals surface area contributed by atoms with Crippen LogP contribution in [0.1, 0.15) is 35.9 Å². The van der Waals surface area contributed by atoms with Gasteiger partial charge in [-0.15, -0.1) is 4.74 Å². The normalized spacial score (nSPS) is 12.2. The number of benzene rings is 2. The Balaban J connectivity index is 1.45. The summed E-state index contributed by atoms with van der Waals surface area (Å²) in [7, 11) is 0. The number of aromatic nitrogens is 3. The number of rotatable bonds is 8. The molecule has 0 radical (unpaired) electrons. The molecule has 0 aliphatic carbocycles. The fourth-order valence-electron chi connectivity index (χ4n) is 3.43. The van der Waals surface area contributed by atoms with Crippen LogP contribution in [0, 0.1) is 6.92 Å². The number of ether oxygens (including phenoxy) is 1. The van der Waals surface area contributed by atoms with Gasteiger partial charge in [0.1, 0.15) is 23.8 Å². The fourth-order valence-corrected chi connectivity index (χ4v) is 3.43. The predicted octanol–water partition coefficient (Wildman–Crippen LogP) is 5.18. The standard InChI is InChI=1S/C25H22F3N3O5/c1-3-16(13-31-23(32)30-24(33)36-31)11-17-5-4-6-20(12-17)34-14-21-15(2)35-22(29-21)18-7-9-19(10-8-18)25(26,27)28/h4-12H,3,13-14H2,1-2H3,(H,30,32,33). The zero-order chi connectivity index (χ0) is 25.9. The molecule has 11 heteroatoms. The summed E-state index contributed by atoms with van der Waals surface area (Å²) in [4.78, 5) is 29.3. The summed E-state index contributed by atoms with van der Waals surface area (Å²) in [5.41, 5.74) is 1.25. The molecule has 0 saturated heterocycles. The molecule has 4 rings (SSSR count). The Morgan fingerprint density at radius 1 is 1.17 bits per heavy atom. The molecule has 8 nitrogen and oxygen atoms in total. The third kappa shape index (κ3) is 5.85. The van der Waals surface area contributed by atoms with Crippen molar-refractivity contribution >= 4 is 6.08 Å². The smallest absolute Gasteiger partial charge is 0.440 e. The lowest BCUT2D eigenvalue weighted by Gasteiger charge is -2.07. The number of H-pyrrole nitrogens is 1. The molecule has 2 aromatic heterocycles. The summed E-state index contributed by atoms with van der Waals surface area (Å²) in [5, 5.41) is 0. The minimum absolute atomic E-state index is 0.0909. The second-order valence-electron chi connectivity index (χ2n) is 7.96. The van der Waals surface area contributed by atoms with E-state index < -0.39 is 23.2 Å². The van der Waals surface area contributed by atoms with Gasteiger partial charge in [0.2, 0.25) is 5.89 Å².